The van der Waals surface area contributed by atoms with Gasteiger partial charge in [0.05, 0.1) is 5.56 Å². The van der Waals surface area contributed by atoms with E-state index in [1.807, 2.05) is 91.1 Å². The molecule has 5 nitrogen and oxygen atoms in total. The lowest BCUT2D eigenvalue weighted by atomic mass is 10.1. The second-order valence-corrected chi connectivity index (χ2v) is 6.69. The first kappa shape index (κ1) is 19.9. The molecule has 0 saturated heterocycles. The largest absolute Gasteiger partial charge is 0.457 e. The lowest BCUT2D eigenvalue weighted by Crippen LogP contribution is -2.07. The maximum atomic E-state index is 11.6. The molecule has 31 heavy (non-hydrogen) atoms. The summed E-state index contributed by atoms with van der Waals surface area (Å²) in [5, 5.41) is 2.78. The van der Waals surface area contributed by atoms with Gasteiger partial charge >= 0.3 is 0 Å². The van der Waals surface area contributed by atoms with Crippen molar-refractivity contribution in [1.29, 1.82) is 0 Å². The number of benzene rings is 3. The number of nitrogens with one attached hydrogen (secondary N) is 2. The number of H-pyrrole nitrogens is 1. The van der Waals surface area contributed by atoms with Crippen molar-refractivity contribution in [3.63, 3.8) is 0 Å². The molecule has 1 amide bonds. The molecule has 5 heteroatoms. The van der Waals surface area contributed by atoms with E-state index in [9.17, 15) is 4.79 Å². The van der Waals surface area contributed by atoms with Gasteiger partial charge in [-0.3, -0.25) is 4.79 Å². The number of carbonyl (C=O) groups excluding carboxylic acids is 1. The van der Waals surface area contributed by atoms with Gasteiger partial charge in [0, 0.05) is 11.8 Å². The van der Waals surface area contributed by atoms with Crippen LogP contribution in [0, 0.1) is 0 Å². The highest BCUT2D eigenvalue weighted by atomic mass is 16.5. The fourth-order valence-corrected chi connectivity index (χ4v) is 3.02. The summed E-state index contributed by atoms with van der Waals surface area (Å²) in [7, 11) is 0. The number of carbonyl (C=O) groups is 1. The van der Waals surface area contributed by atoms with Gasteiger partial charge in [-0.15, -0.1) is 0 Å². The summed E-state index contributed by atoms with van der Waals surface area (Å²) in [6, 6.07) is 26.5. The van der Waals surface area contributed by atoms with E-state index in [1.165, 1.54) is 6.08 Å². The highest BCUT2D eigenvalue weighted by Crippen LogP contribution is 2.34. The summed E-state index contributed by atoms with van der Waals surface area (Å²) >= 11 is 0. The average Bonchev–Trinajstić information content (AvgIpc) is 2.81. The van der Waals surface area contributed by atoms with Crippen LogP contribution in [0.4, 0.5) is 5.69 Å². The predicted molar refractivity (Wildman–Crippen MR) is 120 cm³/mol. The van der Waals surface area contributed by atoms with Crippen LogP contribution in [-0.2, 0) is 4.79 Å². The van der Waals surface area contributed by atoms with Gasteiger partial charge in [-0.05, 0) is 60.2 Å². The first-order valence-corrected chi connectivity index (χ1v) is 9.76. The van der Waals surface area contributed by atoms with Crippen LogP contribution in [0.15, 0.2) is 110 Å². The zero-order valence-corrected chi connectivity index (χ0v) is 16.7. The molecule has 152 valence electrons. The van der Waals surface area contributed by atoms with Crippen molar-refractivity contribution in [3.8, 4) is 34.1 Å². The molecule has 3 aromatic carbocycles. The minimum absolute atomic E-state index is 0.258. The van der Waals surface area contributed by atoms with Crippen LogP contribution in [0.5, 0.6) is 23.0 Å². The molecule has 0 fully saturated rings. The van der Waals surface area contributed by atoms with E-state index in [1.54, 1.807) is 6.20 Å². The molecule has 0 bridgehead atoms. The van der Waals surface area contributed by atoms with E-state index in [4.69, 9.17) is 9.47 Å². The molecule has 0 unspecified atom stereocenters. The van der Waals surface area contributed by atoms with Crippen LogP contribution >= 0.6 is 0 Å². The number of aromatic amines is 1. The lowest BCUT2D eigenvalue weighted by molar-refractivity contribution is -0.377. The van der Waals surface area contributed by atoms with E-state index in [0.29, 0.717) is 17.2 Å². The third-order valence-corrected chi connectivity index (χ3v) is 4.48. The van der Waals surface area contributed by atoms with Crippen molar-refractivity contribution in [2.24, 2.45) is 0 Å². The summed E-state index contributed by atoms with van der Waals surface area (Å²) in [6.07, 6.45) is 4.90. The van der Waals surface area contributed by atoms with Gasteiger partial charge in [-0.1, -0.05) is 36.9 Å². The van der Waals surface area contributed by atoms with Gasteiger partial charge in [0.25, 0.3) is 0 Å². The van der Waals surface area contributed by atoms with Crippen molar-refractivity contribution in [1.82, 2.24) is 0 Å². The van der Waals surface area contributed by atoms with Crippen molar-refractivity contribution in [3.05, 3.63) is 110 Å². The molecular formula is C26H21N2O3+. The molecule has 4 rings (SSSR count). The van der Waals surface area contributed by atoms with Crippen molar-refractivity contribution in [2.45, 2.75) is 0 Å². The summed E-state index contributed by atoms with van der Waals surface area (Å²) in [5.74, 6) is 2.61. The Labute approximate surface area is 180 Å². The summed E-state index contributed by atoms with van der Waals surface area (Å²) in [5.41, 5.74) is 2.44. The number of aromatic nitrogens is 1. The molecule has 0 aliphatic carbocycles. The highest BCUT2D eigenvalue weighted by Gasteiger charge is 2.12. The first-order chi connectivity index (χ1) is 15.2. The van der Waals surface area contributed by atoms with E-state index in [2.05, 4.69) is 16.9 Å². The number of ether oxygens (including phenoxy) is 2. The minimum Gasteiger partial charge on any atom is -0.457 e. The van der Waals surface area contributed by atoms with Gasteiger partial charge in [0.15, 0.2) is 12.4 Å². The van der Waals surface area contributed by atoms with Crippen LogP contribution < -0.4 is 19.8 Å². The number of amides is 1. The zero-order valence-electron chi connectivity index (χ0n) is 16.7. The molecule has 1 heterocycles. The van der Waals surface area contributed by atoms with Crippen molar-refractivity contribution in [2.75, 3.05) is 5.32 Å². The fourth-order valence-electron chi connectivity index (χ4n) is 3.02. The third-order valence-electron chi connectivity index (χ3n) is 4.48. The van der Waals surface area contributed by atoms with Crippen molar-refractivity contribution < 1.29 is 19.3 Å². The number of hydrogen-bond donors (Lipinski definition) is 1. The summed E-state index contributed by atoms with van der Waals surface area (Å²) < 4.78 is 12.0. The minimum atomic E-state index is -0.258. The molecule has 4 aromatic rings. The maximum absolute atomic E-state index is 11.6. The Morgan fingerprint density at radius 3 is 2.29 bits per heavy atom. The average molecular weight is 409 g/mol. The highest BCUT2D eigenvalue weighted by molar-refractivity contribution is 5.99. The van der Waals surface area contributed by atoms with Gasteiger partial charge in [-0.25, -0.2) is 4.98 Å². The number of pyridine rings is 1. The standard InChI is InChI=1S/C26H20N2O3/c1-2-26(29)28-20-8-6-7-19(17-20)24-18-27-16-15-25(24)31-23-13-11-22(12-14-23)30-21-9-4-3-5-10-21/h2-18H,1H2,(H,28,29)/p+1. The van der Waals surface area contributed by atoms with Crippen molar-refractivity contribution >= 4 is 11.6 Å². The molecule has 0 radical (unpaired) electrons. The summed E-state index contributed by atoms with van der Waals surface area (Å²) in [6.45, 7) is 3.48. The SMILES string of the molecule is C=CC(=O)Nc1cccc(-c2c[nH+]ccc2Oc2ccc(Oc3ccccc3)cc2)c1. The van der Waals surface area contributed by atoms with E-state index >= 15 is 0 Å². The second-order valence-electron chi connectivity index (χ2n) is 6.69. The first-order valence-electron chi connectivity index (χ1n) is 9.76. The number of anilines is 1. The lowest BCUT2D eigenvalue weighted by Gasteiger charge is -2.11. The van der Waals surface area contributed by atoms with Gasteiger partial charge in [0.1, 0.15) is 23.0 Å². The van der Waals surface area contributed by atoms with E-state index < -0.39 is 0 Å². The monoisotopic (exact) mass is 409 g/mol. The van der Waals surface area contributed by atoms with E-state index in [-0.39, 0.29) is 5.91 Å². The Balaban J connectivity index is 1.53. The van der Waals surface area contributed by atoms with Crippen LogP contribution in [0.1, 0.15) is 0 Å². The van der Waals surface area contributed by atoms with Gasteiger partial charge in [-0.2, -0.15) is 0 Å². The zero-order chi connectivity index (χ0) is 21.5. The molecule has 0 atom stereocenters. The molecule has 1 aromatic heterocycles. The quantitative estimate of drug-likeness (QED) is 0.388. The van der Waals surface area contributed by atoms with Gasteiger partial charge < -0.3 is 14.8 Å². The fraction of sp³-hybridized carbons (Fsp3) is 0. The smallest absolute Gasteiger partial charge is 0.247 e. The van der Waals surface area contributed by atoms with Crippen LogP contribution in [-0.4, -0.2) is 5.91 Å². The van der Waals surface area contributed by atoms with E-state index in [0.717, 1.165) is 22.6 Å². The molecule has 0 aliphatic rings. The Morgan fingerprint density at radius 1 is 0.839 bits per heavy atom. The topological polar surface area (TPSA) is 61.7 Å². The number of hydrogen-bond acceptors (Lipinski definition) is 3. The van der Waals surface area contributed by atoms with Crippen LogP contribution in [0.25, 0.3) is 11.1 Å². The third kappa shape index (κ3) is 5.16. The second kappa shape index (κ2) is 9.41. The molecular weight excluding hydrogens is 388 g/mol. The number of rotatable bonds is 7. The molecule has 2 N–H and O–H groups in total. The molecule has 0 aliphatic heterocycles. The Hall–Kier alpha value is -4.38. The van der Waals surface area contributed by atoms with Gasteiger partial charge in [0.2, 0.25) is 5.91 Å². The Bertz CT molecular complexity index is 1190. The summed E-state index contributed by atoms with van der Waals surface area (Å²) in [4.78, 5) is 14.7. The number of para-hydroxylation sites is 1. The molecule has 0 spiro atoms. The maximum Gasteiger partial charge on any atom is 0.247 e. The normalized spacial score (nSPS) is 10.2. The Kier molecular flexibility index (Phi) is 6.05. The molecule has 0 saturated carbocycles. The van der Waals surface area contributed by atoms with Crippen LogP contribution in [0.3, 0.4) is 0 Å². The van der Waals surface area contributed by atoms with Crippen LogP contribution in [0.2, 0.25) is 0 Å². The Morgan fingerprint density at radius 2 is 1.55 bits per heavy atom. The predicted octanol–water partition coefficient (Wildman–Crippen LogP) is 5.88.